The van der Waals surface area contributed by atoms with E-state index in [1.165, 1.54) is 12.1 Å². The topological polar surface area (TPSA) is 46.5 Å². The Labute approximate surface area is 129 Å². The van der Waals surface area contributed by atoms with Crippen molar-refractivity contribution in [2.75, 3.05) is 6.61 Å². The molecule has 116 valence electrons. The number of benzene rings is 2. The Kier molecular flexibility index (Phi) is 5.15. The fraction of sp³-hybridized carbons (Fsp3) is 0.278. The van der Waals surface area contributed by atoms with Gasteiger partial charge in [-0.15, -0.1) is 0 Å². The van der Waals surface area contributed by atoms with Crippen molar-refractivity contribution in [3.05, 3.63) is 65.0 Å². The number of carboxylic acid groups (broad SMARTS) is 1. The number of carbonyl (C=O) groups is 1. The Morgan fingerprint density at radius 3 is 2.45 bits per heavy atom. The largest absolute Gasteiger partial charge is 0.494 e. The molecular formula is C18H19FO3. The third-order valence-corrected chi connectivity index (χ3v) is 3.55. The number of hydrogen-bond donors (Lipinski definition) is 1. The van der Waals surface area contributed by atoms with Crippen molar-refractivity contribution in [3.63, 3.8) is 0 Å². The van der Waals surface area contributed by atoms with E-state index in [4.69, 9.17) is 4.74 Å². The quantitative estimate of drug-likeness (QED) is 0.879. The molecule has 1 N–H and O–H groups in total. The fourth-order valence-corrected chi connectivity index (χ4v) is 2.41. The smallest absolute Gasteiger partial charge is 0.311 e. The van der Waals surface area contributed by atoms with Crippen molar-refractivity contribution in [3.8, 4) is 5.75 Å². The summed E-state index contributed by atoms with van der Waals surface area (Å²) in [6.07, 6.45) is 0.322. The molecule has 0 heterocycles. The Hall–Kier alpha value is -2.36. The minimum Gasteiger partial charge on any atom is -0.494 e. The first kappa shape index (κ1) is 16.0. The molecule has 4 heteroatoms. The molecule has 3 nitrogen and oxygen atoms in total. The molecule has 0 aliphatic carbocycles. The van der Waals surface area contributed by atoms with Gasteiger partial charge in [0.2, 0.25) is 0 Å². The summed E-state index contributed by atoms with van der Waals surface area (Å²) in [5.74, 6) is -1.13. The minimum absolute atomic E-state index is 0.322. The highest BCUT2D eigenvalue weighted by Crippen LogP contribution is 2.27. The van der Waals surface area contributed by atoms with E-state index >= 15 is 0 Å². The molecule has 2 aromatic carbocycles. The highest BCUT2D eigenvalue weighted by Gasteiger charge is 2.21. The number of hydrogen-bond acceptors (Lipinski definition) is 2. The van der Waals surface area contributed by atoms with Gasteiger partial charge in [-0.1, -0.05) is 24.3 Å². The number of aryl methyl sites for hydroxylation is 1. The Balaban J connectivity index is 2.26. The molecule has 2 rings (SSSR count). The summed E-state index contributed by atoms with van der Waals surface area (Å²) in [6, 6.07) is 11.3. The van der Waals surface area contributed by atoms with E-state index in [1.54, 1.807) is 24.3 Å². The molecule has 0 radical (unpaired) electrons. The molecule has 0 aromatic heterocycles. The van der Waals surface area contributed by atoms with E-state index in [0.29, 0.717) is 13.0 Å². The molecule has 0 bridgehead atoms. The fourth-order valence-electron chi connectivity index (χ4n) is 2.41. The molecule has 0 aliphatic heterocycles. The zero-order valence-electron chi connectivity index (χ0n) is 12.7. The van der Waals surface area contributed by atoms with Crippen LogP contribution in [0.4, 0.5) is 4.39 Å². The summed E-state index contributed by atoms with van der Waals surface area (Å²) < 4.78 is 18.4. The van der Waals surface area contributed by atoms with Crippen molar-refractivity contribution in [1.29, 1.82) is 0 Å². The molecular weight excluding hydrogens is 283 g/mol. The zero-order chi connectivity index (χ0) is 16.1. The lowest BCUT2D eigenvalue weighted by Gasteiger charge is -2.15. The number of aliphatic carboxylic acids is 1. The first-order valence-electron chi connectivity index (χ1n) is 7.22. The van der Waals surface area contributed by atoms with Crippen LogP contribution in [0.5, 0.6) is 5.75 Å². The molecule has 0 spiro atoms. The van der Waals surface area contributed by atoms with Gasteiger partial charge < -0.3 is 9.84 Å². The first-order chi connectivity index (χ1) is 10.5. The predicted octanol–water partition coefficient (Wildman–Crippen LogP) is 3.94. The van der Waals surface area contributed by atoms with Gasteiger partial charge in [-0.05, 0) is 55.2 Å². The monoisotopic (exact) mass is 302 g/mol. The normalized spacial score (nSPS) is 12.0. The maximum atomic E-state index is 12.9. The summed E-state index contributed by atoms with van der Waals surface area (Å²) in [5.41, 5.74) is 2.42. The summed E-state index contributed by atoms with van der Waals surface area (Å²) in [5, 5.41) is 9.50. The molecule has 1 atom stereocenters. The van der Waals surface area contributed by atoms with E-state index < -0.39 is 11.9 Å². The van der Waals surface area contributed by atoms with Gasteiger partial charge in [0.15, 0.2) is 0 Å². The molecule has 0 saturated carbocycles. The third-order valence-electron chi connectivity index (χ3n) is 3.55. The van der Waals surface area contributed by atoms with Crippen LogP contribution in [0.2, 0.25) is 0 Å². The molecule has 2 aromatic rings. The first-order valence-corrected chi connectivity index (χ1v) is 7.22. The van der Waals surface area contributed by atoms with Crippen LogP contribution < -0.4 is 4.74 Å². The van der Waals surface area contributed by atoms with Crippen molar-refractivity contribution in [2.45, 2.75) is 26.2 Å². The van der Waals surface area contributed by atoms with Crippen LogP contribution in [0, 0.1) is 12.7 Å². The second kappa shape index (κ2) is 7.07. The number of ether oxygens (including phenoxy) is 1. The van der Waals surface area contributed by atoms with Crippen LogP contribution in [-0.4, -0.2) is 17.7 Å². The van der Waals surface area contributed by atoms with Crippen LogP contribution in [-0.2, 0) is 11.2 Å². The number of rotatable bonds is 6. The molecule has 0 amide bonds. The van der Waals surface area contributed by atoms with Crippen LogP contribution in [0.1, 0.15) is 29.5 Å². The second-order valence-corrected chi connectivity index (χ2v) is 5.18. The molecule has 1 unspecified atom stereocenters. The predicted molar refractivity (Wildman–Crippen MR) is 82.8 cm³/mol. The second-order valence-electron chi connectivity index (χ2n) is 5.18. The van der Waals surface area contributed by atoms with Gasteiger partial charge in [-0.3, -0.25) is 4.79 Å². The van der Waals surface area contributed by atoms with Gasteiger partial charge in [-0.2, -0.15) is 0 Å². The van der Waals surface area contributed by atoms with E-state index in [0.717, 1.165) is 22.4 Å². The standard InChI is InChI=1S/C18H19FO3/c1-3-22-17-9-6-14(10-12(17)2)16(18(20)21)11-13-4-7-15(19)8-5-13/h4-10,16H,3,11H2,1-2H3,(H,20,21). The average molecular weight is 302 g/mol. The highest BCUT2D eigenvalue weighted by molar-refractivity contribution is 5.76. The third kappa shape index (κ3) is 3.85. The molecule has 0 fully saturated rings. The van der Waals surface area contributed by atoms with Crippen LogP contribution >= 0.6 is 0 Å². The summed E-state index contributed by atoms with van der Waals surface area (Å²) in [4.78, 5) is 11.6. The highest BCUT2D eigenvalue weighted by atomic mass is 19.1. The zero-order valence-corrected chi connectivity index (χ0v) is 12.7. The van der Waals surface area contributed by atoms with Crippen molar-refractivity contribution in [2.24, 2.45) is 0 Å². The van der Waals surface area contributed by atoms with Gasteiger partial charge >= 0.3 is 5.97 Å². The van der Waals surface area contributed by atoms with Gasteiger partial charge in [0.1, 0.15) is 11.6 Å². The van der Waals surface area contributed by atoms with E-state index in [9.17, 15) is 14.3 Å². The lowest BCUT2D eigenvalue weighted by atomic mass is 9.91. The molecule has 0 saturated heterocycles. The van der Waals surface area contributed by atoms with Gasteiger partial charge in [0.05, 0.1) is 12.5 Å². The van der Waals surface area contributed by atoms with E-state index in [2.05, 4.69) is 0 Å². The van der Waals surface area contributed by atoms with Crippen molar-refractivity contribution < 1.29 is 19.0 Å². The Bertz CT molecular complexity index is 650. The molecule has 0 aliphatic rings. The summed E-state index contributed by atoms with van der Waals surface area (Å²) in [7, 11) is 0. The molecule has 22 heavy (non-hydrogen) atoms. The van der Waals surface area contributed by atoms with Crippen LogP contribution in [0.25, 0.3) is 0 Å². The number of halogens is 1. The summed E-state index contributed by atoms with van der Waals surface area (Å²) >= 11 is 0. The summed E-state index contributed by atoms with van der Waals surface area (Å²) in [6.45, 7) is 4.37. The number of carboxylic acids is 1. The maximum absolute atomic E-state index is 12.9. The van der Waals surface area contributed by atoms with E-state index in [-0.39, 0.29) is 5.82 Å². The minimum atomic E-state index is -0.895. The van der Waals surface area contributed by atoms with Gasteiger partial charge in [-0.25, -0.2) is 4.39 Å². The van der Waals surface area contributed by atoms with Gasteiger partial charge in [0, 0.05) is 0 Å². The SMILES string of the molecule is CCOc1ccc(C(Cc2ccc(F)cc2)C(=O)O)cc1C. The van der Waals surface area contributed by atoms with Crippen molar-refractivity contribution in [1.82, 2.24) is 0 Å². The van der Waals surface area contributed by atoms with Crippen molar-refractivity contribution >= 4 is 5.97 Å². The average Bonchev–Trinajstić information content (AvgIpc) is 2.48. The van der Waals surface area contributed by atoms with Crippen LogP contribution in [0.3, 0.4) is 0 Å². The lowest BCUT2D eigenvalue weighted by Crippen LogP contribution is -2.14. The maximum Gasteiger partial charge on any atom is 0.311 e. The Morgan fingerprint density at radius 2 is 1.91 bits per heavy atom. The lowest BCUT2D eigenvalue weighted by molar-refractivity contribution is -0.138. The van der Waals surface area contributed by atoms with Gasteiger partial charge in [0.25, 0.3) is 0 Å². The van der Waals surface area contributed by atoms with E-state index in [1.807, 2.05) is 19.9 Å². The van der Waals surface area contributed by atoms with Crippen LogP contribution in [0.15, 0.2) is 42.5 Å². The Morgan fingerprint density at radius 1 is 1.23 bits per heavy atom.